The van der Waals surface area contributed by atoms with E-state index in [1.807, 2.05) is 30.3 Å². The third-order valence-corrected chi connectivity index (χ3v) is 4.52. The zero-order chi connectivity index (χ0) is 18.2. The number of para-hydroxylation sites is 1. The van der Waals surface area contributed by atoms with Gasteiger partial charge in [0, 0.05) is 13.1 Å². The second kappa shape index (κ2) is 9.57. The first-order valence-electron chi connectivity index (χ1n) is 9.06. The lowest BCUT2D eigenvalue weighted by Gasteiger charge is -2.19. The number of aliphatic hydroxyl groups is 1. The maximum Gasteiger partial charge on any atom is 0.122 e. The fourth-order valence-electron chi connectivity index (χ4n) is 3.09. The lowest BCUT2D eigenvalue weighted by molar-refractivity contribution is 0.0565. The highest BCUT2D eigenvalue weighted by Gasteiger charge is 2.17. The molecule has 5 heteroatoms. The normalized spacial score (nSPS) is 15.8. The third kappa shape index (κ3) is 5.46. The highest BCUT2D eigenvalue weighted by atomic mass is 16.5. The highest BCUT2D eigenvalue weighted by molar-refractivity contribution is 5.35. The van der Waals surface area contributed by atoms with Crippen LogP contribution < -0.4 is 9.47 Å². The molecule has 0 bridgehead atoms. The van der Waals surface area contributed by atoms with Gasteiger partial charge in [-0.25, -0.2) is 0 Å². The Morgan fingerprint density at radius 2 is 2.04 bits per heavy atom. The van der Waals surface area contributed by atoms with Crippen molar-refractivity contribution in [1.29, 1.82) is 0 Å². The molecule has 0 aliphatic carbocycles. The number of methoxy groups -OCH3 is 1. The summed E-state index contributed by atoms with van der Waals surface area (Å²) >= 11 is 0. The maximum absolute atomic E-state index is 10.2. The Balaban J connectivity index is 1.53. The van der Waals surface area contributed by atoms with Crippen LogP contribution >= 0.6 is 0 Å². The van der Waals surface area contributed by atoms with E-state index in [9.17, 15) is 5.11 Å². The van der Waals surface area contributed by atoms with Gasteiger partial charge in [-0.2, -0.15) is 0 Å². The molecular weight excluding hydrogens is 330 g/mol. The van der Waals surface area contributed by atoms with Crippen LogP contribution in [0.5, 0.6) is 11.5 Å². The molecule has 0 saturated carbocycles. The minimum atomic E-state index is -0.525. The van der Waals surface area contributed by atoms with Gasteiger partial charge in [-0.05, 0) is 42.2 Å². The Hall–Kier alpha value is -2.08. The van der Waals surface area contributed by atoms with Crippen molar-refractivity contribution in [1.82, 2.24) is 4.90 Å². The van der Waals surface area contributed by atoms with Crippen LogP contribution in [0.15, 0.2) is 48.5 Å². The molecule has 0 amide bonds. The summed E-state index contributed by atoms with van der Waals surface area (Å²) in [5, 5.41) is 10.2. The minimum Gasteiger partial charge on any atom is -0.497 e. The molecule has 1 heterocycles. The molecule has 2 aromatic rings. The van der Waals surface area contributed by atoms with Crippen molar-refractivity contribution in [2.75, 3.05) is 40.1 Å². The standard InChI is InChI=1S/C21H27NO4/c1-24-20-7-4-5-17(13-20)9-10-18-6-2-3-8-21(18)26-15-19(23)14-22-11-12-25-16-22/h2-8,13,19,23H,9-12,14-16H2,1H3. The van der Waals surface area contributed by atoms with E-state index in [0.717, 1.165) is 43.1 Å². The second-order valence-electron chi connectivity index (χ2n) is 6.54. The average molecular weight is 357 g/mol. The summed E-state index contributed by atoms with van der Waals surface area (Å²) in [6, 6.07) is 16.2. The summed E-state index contributed by atoms with van der Waals surface area (Å²) in [6.45, 7) is 3.06. The van der Waals surface area contributed by atoms with Gasteiger partial charge < -0.3 is 19.3 Å². The minimum absolute atomic E-state index is 0.284. The van der Waals surface area contributed by atoms with Crippen LogP contribution in [0.25, 0.3) is 0 Å². The molecule has 1 saturated heterocycles. The van der Waals surface area contributed by atoms with Gasteiger partial charge in [0.05, 0.1) is 20.4 Å². The maximum atomic E-state index is 10.2. The first-order valence-corrected chi connectivity index (χ1v) is 9.06. The second-order valence-corrected chi connectivity index (χ2v) is 6.54. The van der Waals surface area contributed by atoms with E-state index in [1.54, 1.807) is 7.11 Å². The quantitative estimate of drug-likeness (QED) is 0.747. The van der Waals surface area contributed by atoms with Crippen LogP contribution in [0, 0.1) is 0 Å². The van der Waals surface area contributed by atoms with Crippen molar-refractivity contribution in [2.45, 2.75) is 18.9 Å². The Morgan fingerprint density at radius 3 is 2.85 bits per heavy atom. The number of benzene rings is 2. The summed E-state index contributed by atoms with van der Waals surface area (Å²) in [5.41, 5.74) is 2.38. The van der Waals surface area contributed by atoms with Crippen molar-refractivity contribution in [2.24, 2.45) is 0 Å². The van der Waals surface area contributed by atoms with Gasteiger partial charge >= 0.3 is 0 Å². The number of hydrogen-bond acceptors (Lipinski definition) is 5. The number of nitrogens with zero attached hydrogens (tertiary/aromatic N) is 1. The summed E-state index contributed by atoms with van der Waals surface area (Å²) < 4.78 is 16.5. The molecule has 0 aromatic heterocycles. The van der Waals surface area contributed by atoms with E-state index in [-0.39, 0.29) is 6.61 Å². The zero-order valence-corrected chi connectivity index (χ0v) is 15.3. The van der Waals surface area contributed by atoms with E-state index >= 15 is 0 Å². The van der Waals surface area contributed by atoms with Crippen molar-refractivity contribution in [3.63, 3.8) is 0 Å². The van der Waals surface area contributed by atoms with Gasteiger partial charge in [-0.1, -0.05) is 30.3 Å². The SMILES string of the molecule is COc1cccc(CCc2ccccc2OCC(O)CN2CCOC2)c1. The number of aryl methyl sites for hydroxylation is 2. The van der Waals surface area contributed by atoms with Gasteiger partial charge in [0.1, 0.15) is 24.2 Å². The fourth-order valence-corrected chi connectivity index (χ4v) is 3.09. The van der Waals surface area contributed by atoms with E-state index in [0.29, 0.717) is 13.3 Å². The molecular formula is C21H27NO4. The van der Waals surface area contributed by atoms with Gasteiger partial charge in [0.15, 0.2) is 0 Å². The largest absolute Gasteiger partial charge is 0.497 e. The lowest BCUT2D eigenvalue weighted by Crippen LogP contribution is -2.34. The number of ether oxygens (including phenoxy) is 3. The molecule has 2 aromatic carbocycles. The molecule has 1 N–H and O–H groups in total. The third-order valence-electron chi connectivity index (χ3n) is 4.52. The molecule has 1 aliphatic rings. The Labute approximate surface area is 155 Å². The number of β-amino-alcohol motifs (C(OH)–C–C–N with tert-alkyl or cyclic N) is 1. The van der Waals surface area contributed by atoms with Crippen molar-refractivity contribution in [3.05, 3.63) is 59.7 Å². The molecule has 26 heavy (non-hydrogen) atoms. The monoisotopic (exact) mass is 357 g/mol. The molecule has 1 unspecified atom stereocenters. The van der Waals surface area contributed by atoms with Crippen molar-refractivity contribution >= 4 is 0 Å². The highest BCUT2D eigenvalue weighted by Crippen LogP contribution is 2.21. The Morgan fingerprint density at radius 1 is 1.15 bits per heavy atom. The summed E-state index contributed by atoms with van der Waals surface area (Å²) in [5.74, 6) is 1.72. The predicted molar refractivity (Wildman–Crippen MR) is 101 cm³/mol. The molecule has 1 aliphatic heterocycles. The molecule has 1 fully saturated rings. The smallest absolute Gasteiger partial charge is 0.122 e. The molecule has 140 valence electrons. The summed E-state index contributed by atoms with van der Waals surface area (Å²) in [4.78, 5) is 2.09. The topological polar surface area (TPSA) is 51.2 Å². The van der Waals surface area contributed by atoms with Crippen LogP contribution in [0.4, 0.5) is 0 Å². The molecule has 3 rings (SSSR count). The van der Waals surface area contributed by atoms with Gasteiger partial charge in [-0.15, -0.1) is 0 Å². The van der Waals surface area contributed by atoms with Crippen molar-refractivity contribution in [3.8, 4) is 11.5 Å². The zero-order valence-electron chi connectivity index (χ0n) is 15.3. The van der Waals surface area contributed by atoms with Crippen LogP contribution in [0.1, 0.15) is 11.1 Å². The predicted octanol–water partition coefficient (Wildman–Crippen LogP) is 2.51. The number of rotatable bonds is 9. The molecule has 0 spiro atoms. The van der Waals surface area contributed by atoms with Crippen LogP contribution in [-0.2, 0) is 17.6 Å². The molecule has 5 nitrogen and oxygen atoms in total. The number of hydrogen-bond donors (Lipinski definition) is 1. The first kappa shape index (κ1) is 18.7. The van der Waals surface area contributed by atoms with E-state index in [4.69, 9.17) is 14.2 Å². The summed E-state index contributed by atoms with van der Waals surface area (Å²) in [7, 11) is 1.68. The van der Waals surface area contributed by atoms with Crippen LogP contribution in [0.2, 0.25) is 0 Å². The van der Waals surface area contributed by atoms with Crippen LogP contribution in [0.3, 0.4) is 0 Å². The first-order chi connectivity index (χ1) is 12.7. The van der Waals surface area contributed by atoms with Gasteiger partial charge in [-0.3, -0.25) is 4.90 Å². The lowest BCUT2D eigenvalue weighted by atomic mass is 10.0. The van der Waals surface area contributed by atoms with E-state index < -0.39 is 6.10 Å². The Kier molecular flexibility index (Phi) is 6.89. The Bertz CT molecular complexity index is 685. The summed E-state index contributed by atoms with van der Waals surface area (Å²) in [6.07, 6.45) is 1.26. The van der Waals surface area contributed by atoms with Crippen molar-refractivity contribution < 1.29 is 19.3 Å². The molecule has 0 radical (unpaired) electrons. The van der Waals surface area contributed by atoms with Gasteiger partial charge in [0.25, 0.3) is 0 Å². The average Bonchev–Trinajstić information content (AvgIpc) is 3.18. The van der Waals surface area contributed by atoms with Gasteiger partial charge in [0.2, 0.25) is 0 Å². The van der Waals surface area contributed by atoms with Crippen LogP contribution in [-0.4, -0.2) is 56.3 Å². The van der Waals surface area contributed by atoms with E-state index in [1.165, 1.54) is 5.56 Å². The fraction of sp³-hybridized carbons (Fsp3) is 0.429. The number of aliphatic hydroxyl groups excluding tert-OH is 1. The molecule has 1 atom stereocenters. The van der Waals surface area contributed by atoms with E-state index in [2.05, 4.69) is 23.1 Å².